The lowest BCUT2D eigenvalue weighted by atomic mass is 10.2. The number of nitrogens with one attached hydrogen (secondary N) is 2. The van der Waals surface area contributed by atoms with Gasteiger partial charge in [-0.2, -0.15) is 4.98 Å². The van der Waals surface area contributed by atoms with E-state index in [9.17, 15) is 0 Å². The van der Waals surface area contributed by atoms with Crippen LogP contribution < -0.4 is 25.0 Å². The summed E-state index contributed by atoms with van der Waals surface area (Å²) in [6.45, 7) is 2.52. The molecule has 3 aromatic rings. The Morgan fingerprint density at radius 2 is 1.62 bits per heavy atom. The second-order valence-electron chi connectivity index (χ2n) is 6.83. The molecule has 0 saturated carbocycles. The maximum absolute atomic E-state index is 5.36. The van der Waals surface area contributed by atoms with Crippen LogP contribution in [-0.2, 0) is 6.54 Å². The van der Waals surface area contributed by atoms with Gasteiger partial charge in [0.1, 0.15) is 5.82 Å². The maximum atomic E-state index is 5.36. The number of anilines is 4. The Morgan fingerprint density at radius 1 is 0.897 bits per heavy atom. The Balaban J connectivity index is 1.70. The molecule has 0 atom stereocenters. The number of hydrogen-bond acceptors (Lipinski definition) is 7. The first-order valence-electron chi connectivity index (χ1n) is 9.33. The van der Waals surface area contributed by atoms with E-state index >= 15 is 0 Å². The van der Waals surface area contributed by atoms with Gasteiger partial charge in [-0.3, -0.25) is 0 Å². The highest BCUT2D eigenvalue weighted by Crippen LogP contribution is 2.28. The van der Waals surface area contributed by atoms with E-state index in [2.05, 4.69) is 37.6 Å². The molecule has 0 aliphatic heterocycles. The number of nitrogens with zero attached hydrogens (tertiary/aromatic N) is 3. The van der Waals surface area contributed by atoms with E-state index in [1.807, 2.05) is 57.4 Å². The SMILES string of the molecule is COc1ccc(CNc2nc(C)cc(Nc3ccc(N(C)C)cc3)n2)cc1OC. The quantitative estimate of drug-likeness (QED) is 0.593. The van der Waals surface area contributed by atoms with Gasteiger partial charge >= 0.3 is 0 Å². The molecule has 0 radical (unpaired) electrons. The van der Waals surface area contributed by atoms with Gasteiger partial charge in [0.05, 0.1) is 14.2 Å². The summed E-state index contributed by atoms with van der Waals surface area (Å²) >= 11 is 0. The van der Waals surface area contributed by atoms with Crippen LogP contribution in [0.25, 0.3) is 0 Å². The van der Waals surface area contributed by atoms with E-state index in [0.717, 1.165) is 28.5 Å². The first-order valence-corrected chi connectivity index (χ1v) is 9.33. The molecule has 152 valence electrons. The van der Waals surface area contributed by atoms with Crippen LogP contribution in [0.15, 0.2) is 48.5 Å². The van der Waals surface area contributed by atoms with Crippen LogP contribution >= 0.6 is 0 Å². The highest BCUT2D eigenvalue weighted by atomic mass is 16.5. The largest absolute Gasteiger partial charge is 0.493 e. The molecule has 0 amide bonds. The van der Waals surface area contributed by atoms with E-state index in [-0.39, 0.29) is 0 Å². The molecule has 3 rings (SSSR count). The maximum Gasteiger partial charge on any atom is 0.225 e. The molecular weight excluding hydrogens is 366 g/mol. The van der Waals surface area contributed by atoms with Gasteiger partial charge in [0.15, 0.2) is 11.5 Å². The van der Waals surface area contributed by atoms with Gasteiger partial charge < -0.3 is 25.0 Å². The van der Waals surface area contributed by atoms with Crippen LogP contribution in [0.3, 0.4) is 0 Å². The second-order valence-corrected chi connectivity index (χ2v) is 6.83. The molecule has 0 saturated heterocycles. The van der Waals surface area contributed by atoms with Gasteiger partial charge in [0.25, 0.3) is 0 Å². The fraction of sp³-hybridized carbons (Fsp3) is 0.273. The van der Waals surface area contributed by atoms with E-state index in [0.29, 0.717) is 24.0 Å². The summed E-state index contributed by atoms with van der Waals surface area (Å²) in [5.74, 6) is 2.70. The van der Waals surface area contributed by atoms with Gasteiger partial charge in [0, 0.05) is 43.8 Å². The van der Waals surface area contributed by atoms with Crippen LogP contribution in [0, 0.1) is 6.92 Å². The molecule has 2 aromatic carbocycles. The molecule has 1 heterocycles. The van der Waals surface area contributed by atoms with Crippen molar-refractivity contribution in [1.29, 1.82) is 0 Å². The van der Waals surface area contributed by atoms with Crippen LogP contribution in [0.2, 0.25) is 0 Å². The average Bonchev–Trinajstić information content (AvgIpc) is 2.72. The standard InChI is InChI=1S/C22H27N5O2/c1-15-12-21(25-17-7-9-18(10-8-17)27(2)3)26-22(24-15)23-14-16-6-11-19(28-4)20(13-16)29-5/h6-13H,14H2,1-5H3,(H2,23,24,25,26). The smallest absolute Gasteiger partial charge is 0.225 e. The molecule has 0 bridgehead atoms. The van der Waals surface area contributed by atoms with Crippen molar-refractivity contribution in [2.45, 2.75) is 13.5 Å². The highest BCUT2D eigenvalue weighted by molar-refractivity contribution is 5.61. The van der Waals surface area contributed by atoms with Crippen LogP contribution in [0.1, 0.15) is 11.3 Å². The highest BCUT2D eigenvalue weighted by Gasteiger charge is 2.07. The number of aryl methyl sites for hydroxylation is 1. The first kappa shape index (κ1) is 20.3. The van der Waals surface area contributed by atoms with Crippen molar-refractivity contribution in [3.05, 3.63) is 59.8 Å². The van der Waals surface area contributed by atoms with Gasteiger partial charge in [-0.25, -0.2) is 4.98 Å². The number of hydrogen-bond donors (Lipinski definition) is 2. The molecule has 0 unspecified atom stereocenters. The summed E-state index contributed by atoms with van der Waals surface area (Å²) < 4.78 is 10.6. The Morgan fingerprint density at radius 3 is 2.28 bits per heavy atom. The zero-order chi connectivity index (χ0) is 20.8. The predicted molar refractivity (Wildman–Crippen MR) is 118 cm³/mol. The fourth-order valence-electron chi connectivity index (χ4n) is 2.87. The molecule has 2 N–H and O–H groups in total. The van der Waals surface area contributed by atoms with Gasteiger partial charge in [-0.05, 0) is 48.9 Å². The molecule has 0 aliphatic carbocycles. The van der Waals surface area contributed by atoms with Crippen molar-refractivity contribution >= 4 is 23.1 Å². The van der Waals surface area contributed by atoms with Crippen LogP contribution in [0.4, 0.5) is 23.1 Å². The summed E-state index contributed by atoms with van der Waals surface area (Å²) in [6, 6.07) is 15.9. The molecule has 7 nitrogen and oxygen atoms in total. The van der Waals surface area contributed by atoms with Gasteiger partial charge in [-0.1, -0.05) is 6.07 Å². The lowest BCUT2D eigenvalue weighted by Crippen LogP contribution is -2.08. The summed E-state index contributed by atoms with van der Waals surface area (Å²) in [4.78, 5) is 11.1. The van der Waals surface area contributed by atoms with Crippen molar-refractivity contribution in [2.24, 2.45) is 0 Å². The number of ether oxygens (including phenoxy) is 2. The lowest BCUT2D eigenvalue weighted by Gasteiger charge is -2.14. The minimum Gasteiger partial charge on any atom is -0.493 e. The monoisotopic (exact) mass is 393 g/mol. The third kappa shape index (κ3) is 5.28. The minimum absolute atomic E-state index is 0.562. The number of benzene rings is 2. The zero-order valence-corrected chi connectivity index (χ0v) is 17.5. The topological polar surface area (TPSA) is 71.5 Å². The molecule has 29 heavy (non-hydrogen) atoms. The van der Waals surface area contributed by atoms with Gasteiger partial charge in [0.2, 0.25) is 5.95 Å². The summed E-state index contributed by atoms with van der Waals surface area (Å²) in [5.41, 5.74) is 4.04. The molecule has 0 fully saturated rings. The number of aromatic nitrogens is 2. The normalized spacial score (nSPS) is 10.4. The number of rotatable bonds is 8. The molecular formula is C22H27N5O2. The van der Waals surface area contributed by atoms with Crippen LogP contribution in [-0.4, -0.2) is 38.3 Å². The van der Waals surface area contributed by atoms with E-state index in [1.165, 1.54) is 0 Å². The lowest BCUT2D eigenvalue weighted by molar-refractivity contribution is 0.354. The first-order chi connectivity index (χ1) is 14.0. The number of methoxy groups -OCH3 is 2. The van der Waals surface area contributed by atoms with E-state index < -0.39 is 0 Å². The summed E-state index contributed by atoms with van der Waals surface area (Å²) in [6.07, 6.45) is 0. The Labute approximate surface area is 171 Å². The third-order valence-corrected chi connectivity index (χ3v) is 4.41. The second kappa shape index (κ2) is 9.14. The van der Waals surface area contributed by atoms with Gasteiger partial charge in [-0.15, -0.1) is 0 Å². The summed E-state index contributed by atoms with van der Waals surface area (Å²) in [7, 11) is 7.29. The summed E-state index contributed by atoms with van der Waals surface area (Å²) in [5, 5.41) is 6.61. The Kier molecular flexibility index (Phi) is 6.39. The van der Waals surface area contributed by atoms with Crippen molar-refractivity contribution in [2.75, 3.05) is 43.8 Å². The predicted octanol–water partition coefficient (Wildman–Crippen LogP) is 4.22. The zero-order valence-electron chi connectivity index (χ0n) is 17.5. The molecule has 1 aromatic heterocycles. The molecule has 0 aliphatic rings. The fourth-order valence-corrected chi connectivity index (χ4v) is 2.87. The Hall–Kier alpha value is -3.48. The van der Waals surface area contributed by atoms with Crippen molar-refractivity contribution in [3.8, 4) is 11.5 Å². The van der Waals surface area contributed by atoms with Crippen molar-refractivity contribution < 1.29 is 9.47 Å². The van der Waals surface area contributed by atoms with Crippen molar-refractivity contribution in [3.63, 3.8) is 0 Å². The van der Waals surface area contributed by atoms with Crippen LogP contribution in [0.5, 0.6) is 11.5 Å². The molecule has 0 spiro atoms. The van der Waals surface area contributed by atoms with E-state index in [4.69, 9.17) is 9.47 Å². The average molecular weight is 393 g/mol. The minimum atomic E-state index is 0.562. The Bertz CT molecular complexity index is 958. The third-order valence-electron chi connectivity index (χ3n) is 4.41. The van der Waals surface area contributed by atoms with E-state index in [1.54, 1.807) is 14.2 Å². The van der Waals surface area contributed by atoms with Crippen molar-refractivity contribution in [1.82, 2.24) is 9.97 Å². The molecule has 7 heteroatoms.